The van der Waals surface area contributed by atoms with Crippen LogP contribution in [-0.2, 0) is 23.9 Å². The van der Waals surface area contributed by atoms with Crippen LogP contribution in [0, 0.1) is 23.2 Å². The first-order chi connectivity index (χ1) is 10.3. The van der Waals surface area contributed by atoms with Gasteiger partial charge in [-0.2, -0.15) is 0 Å². The van der Waals surface area contributed by atoms with E-state index >= 15 is 0 Å². The summed E-state index contributed by atoms with van der Waals surface area (Å²) in [7, 11) is 0. The fourth-order valence-corrected chi connectivity index (χ4v) is 4.53. The van der Waals surface area contributed by atoms with Crippen LogP contribution >= 0.6 is 0 Å². The summed E-state index contributed by atoms with van der Waals surface area (Å²) in [5.41, 5.74) is 0.455. The fourth-order valence-electron chi connectivity index (χ4n) is 4.53. The van der Waals surface area contributed by atoms with Crippen molar-refractivity contribution < 1.29 is 23.9 Å². The van der Waals surface area contributed by atoms with E-state index < -0.39 is 0 Å². The number of Topliss-reactive ketones (excluding diaryl/α,β-unsaturated/α-hetero) is 1. The van der Waals surface area contributed by atoms with Gasteiger partial charge in [-0.25, -0.2) is 4.79 Å². The quantitative estimate of drug-likeness (QED) is 0.574. The van der Waals surface area contributed by atoms with Crippen molar-refractivity contribution in [3.8, 4) is 0 Å². The van der Waals surface area contributed by atoms with E-state index in [1.165, 1.54) is 6.92 Å². The molecule has 5 unspecified atom stereocenters. The lowest BCUT2D eigenvalue weighted by atomic mass is 9.78. The molecule has 2 saturated carbocycles. The minimum atomic E-state index is -0.292. The third-order valence-electron chi connectivity index (χ3n) is 5.71. The second kappa shape index (κ2) is 5.21. The van der Waals surface area contributed by atoms with E-state index in [0.717, 1.165) is 12.8 Å². The molecule has 3 rings (SSSR count). The highest BCUT2D eigenvalue weighted by molar-refractivity contribution is 5.91. The first-order valence-corrected chi connectivity index (χ1v) is 7.87. The third kappa shape index (κ3) is 2.36. The molecule has 120 valence electrons. The van der Waals surface area contributed by atoms with Gasteiger partial charge in [0.2, 0.25) is 0 Å². The predicted molar refractivity (Wildman–Crippen MR) is 77.7 cm³/mol. The molecule has 0 radical (unpaired) electrons. The molecule has 1 saturated heterocycles. The van der Waals surface area contributed by atoms with Gasteiger partial charge in [-0.3, -0.25) is 4.79 Å². The number of ether oxygens (including phenoxy) is 2. The van der Waals surface area contributed by atoms with E-state index in [1.807, 2.05) is 0 Å². The van der Waals surface area contributed by atoms with Crippen LogP contribution in [0.4, 0.5) is 0 Å². The molecule has 0 spiro atoms. The molecule has 0 N–H and O–H groups in total. The summed E-state index contributed by atoms with van der Waals surface area (Å²) in [5.74, 6) is 0.443. The predicted octanol–water partition coefficient (Wildman–Crippen LogP) is 2.04. The Balaban J connectivity index is 1.74. The Kier molecular flexibility index (Phi) is 3.62. The molecule has 22 heavy (non-hydrogen) atoms. The van der Waals surface area contributed by atoms with Gasteiger partial charge in [0.15, 0.2) is 0 Å². The number of carbonyl (C=O) groups excluding carboxylic acids is 3. The SMILES string of the molecule is C=C1C(=O)OC2CC3(COC(C)=O)C(CCC(C)=O)C3CC12. The Morgan fingerprint density at radius 1 is 1.41 bits per heavy atom. The molecule has 2 aliphatic carbocycles. The minimum Gasteiger partial charge on any atom is -0.465 e. The lowest BCUT2D eigenvalue weighted by Crippen LogP contribution is -2.31. The van der Waals surface area contributed by atoms with Crippen LogP contribution in [0.3, 0.4) is 0 Å². The molecule has 5 nitrogen and oxygen atoms in total. The number of hydrogen-bond donors (Lipinski definition) is 0. The maximum atomic E-state index is 11.7. The van der Waals surface area contributed by atoms with Crippen LogP contribution < -0.4 is 0 Å². The van der Waals surface area contributed by atoms with Crippen molar-refractivity contribution in [1.29, 1.82) is 0 Å². The van der Waals surface area contributed by atoms with Crippen molar-refractivity contribution in [3.05, 3.63) is 12.2 Å². The van der Waals surface area contributed by atoms with E-state index in [0.29, 0.717) is 36.9 Å². The summed E-state index contributed by atoms with van der Waals surface area (Å²) in [6.07, 6.45) is 2.79. The van der Waals surface area contributed by atoms with Crippen LogP contribution in [0.5, 0.6) is 0 Å². The van der Waals surface area contributed by atoms with Crippen LogP contribution in [0.25, 0.3) is 0 Å². The maximum Gasteiger partial charge on any atom is 0.334 e. The molecule has 5 atom stereocenters. The summed E-state index contributed by atoms with van der Waals surface area (Å²) < 4.78 is 10.7. The highest BCUT2D eigenvalue weighted by Gasteiger charge is 2.69. The number of carbonyl (C=O) groups is 3. The van der Waals surface area contributed by atoms with Gasteiger partial charge in [0.25, 0.3) is 0 Å². The molecule has 5 heteroatoms. The minimum absolute atomic E-state index is 0.0882. The molecule has 0 bridgehead atoms. The monoisotopic (exact) mass is 306 g/mol. The summed E-state index contributed by atoms with van der Waals surface area (Å²) >= 11 is 0. The van der Waals surface area contributed by atoms with Crippen molar-refractivity contribution in [2.75, 3.05) is 6.61 Å². The maximum absolute atomic E-state index is 11.7. The molecule has 1 aliphatic heterocycles. The van der Waals surface area contributed by atoms with Gasteiger partial charge < -0.3 is 14.3 Å². The zero-order chi connectivity index (χ0) is 16.1. The zero-order valence-corrected chi connectivity index (χ0v) is 13.1. The Bertz CT molecular complexity index is 551. The molecule has 0 amide bonds. The van der Waals surface area contributed by atoms with Crippen LogP contribution in [0.1, 0.15) is 39.5 Å². The van der Waals surface area contributed by atoms with Gasteiger partial charge in [0.1, 0.15) is 11.9 Å². The Hall–Kier alpha value is -1.65. The standard InChI is InChI=1S/C17H22O5/c1-9(18)4-5-13-14-6-12-10(2)16(20)22-15(12)7-17(13,14)8-21-11(3)19/h12-15H,2,4-8H2,1,3H3. The zero-order valence-electron chi connectivity index (χ0n) is 13.1. The highest BCUT2D eigenvalue weighted by Crippen LogP contribution is 2.70. The second-order valence-electron chi connectivity index (χ2n) is 6.98. The summed E-state index contributed by atoms with van der Waals surface area (Å²) in [6.45, 7) is 7.22. The number of rotatable bonds is 5. The van der Waals surface area contributed by atoms with Crippen molar-refractivity contribution in [1.82, 2.24) is 0 Å². The molecule has 0 aromatic heterocycles. The van der Waals surface area contributed by atoms with Crippen LogP contribution in [-0.4, -0.2) is 30.4 Å². The normalized spacial score (nSPS) is 38.8. The summed E-state index contributed by atoms with van der Waals surface area (Å²) in [5, 5.41) is 0. The third-order valence-corrected chi connectivity index (χ3v) is 5.71. The first kappa shape index (κ1) is 15.3. The van der Waals surface area contributed by atoms with E-state index in [4.69, 9.17) is 9.47 Å². The van der Waals surface area contributed by atoms with Gasteiger partial charge in [0.05, 0.1) is 6.61 Å². The molecule has 0 aromatic rings. The van der Waals surface area contributed by atoms with Gasteiger partial charge >= 0.3 is 11.9 Å². The summed E-state index contributed by atoms with van der Waals surface area (Å²) in [6, 6.07) is 0. The van der Waals surface area contributed by atoms with Crippen LogP contribution in [0.2, 0.25) is 0 Å². The van der Waals surface area contributed by atoms with Crippen molar-refractivity contribution in [2.24, 2.45) is 23.2 Å². The first-order valence-electron chi connectivity index (χ1n) is 7.87. The molecule has 0 aromatic carbocycles. The average molecular weight is 306 g/mol. The van der Waals surface area contributed by atoms with Crippen LogP contribution in [0.15, 0.2) is 12.2 Å². The van der Waals surface area contributed by atoms with Gasteiger partial charge in [-0.1, -0.05) is 6.58 Å². The molecule has 3 fully saturated rings. The molecular formula is C17H22O5. The number of fused-ring (bicyclic) bond motifs is 2. The average Bonchev–Trinajstić information content (AvgIpc) is 2.98. The second-order valence-corrected chi connectivity index (χ2v) is 6.98. The summed E-state index contributed by atoms with van der Waals surface area (Å²) in [4.78, 5) is 34.1. The van der Waals surface area contributed by atoms with E-state index in [-0.39, 0.29) is 35.2 Å². The number of esters is 2. The van der Waals surface area contributed by atoms with Crippen molar-refractivity contribution >= 4 is 17.7 Å². The van der Waals surface area contributed by atoms with Gasteiger partial charge in [-0.05, 0) is 38.0 Å². The lowest BCUT2D eigenvalue weighted by Gasteiger charge is -2.29. The van der Waals surface area contributed by atoms with Gasteiger partial charge in [-0.15, -0.1) is 0 Å². The largest absolute Gasteiger partial charge is 0.465 e. The van der Waals surface area contributed by atoms with E-state index in [1.54, 1.807) is 6.92 Å². The van der Waals surface area contributed by atoms with E-state index in [2.05, 4.69) is 6.58 Å². The number of ketones is 1. The van der Waals surface area contributed by atoms with E-state index in [9.17, 15) is 14.4 Å². The van der Waals surface area contributed by atoms with Gasteiger partial charge in [0, 0.05) is 30.3 Å². The highest BCUT2D eigenvalue weighted by atomic mass is 16.6. The molecule has 1 heterocycles. The van der Waals surface area contributed by atoms with Crippen molar-refractivity contribution in [2.45, 2.75) is 45.6 Å². The Labute approximate surface area is 130 Å². The smallest absolute Gasteiger partial charge is 0.334 e. The Morgan fingerprint density at radius 3 is 2.77 bits per heavy atom. The Morgan fingerprint density at radius 2 is 2.14 bits per heavy atom. The fraction of sp³-hybridized carbons (Fsp3) is 0.706. The topological polar surface area (TPSA) is 69.7 Å². The lowest BCUT2D eigenvalue weighted by molar-refractivity contribution is -0.147. The number of hydrogen-bond acceptors (Lipinski definition) is 5. The molecular weight excluding hydrogens is 284 g/mol. The molecule has 3 aliphatic rings. The van der Waals surface area contributed by atoms with Crippen molar-refractivity contribution in [3.63, 3.8) is 0 Å².